The molecule has 0 aliphatic carbocycles. The lowest BCUT2D eigenvalue weighted by Gasteiger charge is -2.11. The van der Waals surface area contributed by atoms with E-state index in [-0.39, 0.29) is 0 Å². The summed E-state index contributed by atoms with van der Waals surface area (Å²) in [7, 11) is 3.64. The molecular formula is C11H14ClN3O. The Morgan fingerprint density at radius 1 is 1.56 bits per heavy atom. The maximum atomic E-state index is 9.99. The predicted octanol–water partition coefficient (Wildman–Crippen LogP) is 1.48. The number of aryl methyl sites for hydroxylation is 1. The molecule has 2 N–H and O–H groups in total. The summed E-state index contributed by atoms with van der Waals surface area (Å²) in [5.74, 6) is 0. The second kappa shape index (κ2) is 4.41. The van der Waals surface area contributed by atoms with Crippen LogP contribution < -0.4 is 5.32 Å². The van der Waals surface area contributed by atoms with E-state index < -0.39 is 6.10 Å². The molecule has 1 atom stereocenters. The normalized spacial score (nSPS) is 13.2. The first-order valence-corrected chi connectivity index (χ1v) is 5.46. The monoisotopic (exact) mass is 239 g/mol. The molecule has 0 saturated carbocycles. The Balaban J connectivity index is 2.61. The van der Waals surface area contributed by atoms with Crippen molar-refractivity contribution in [2.75, 3.05) is 13.6 Å². The van der Waals surface area contributed by atoms with Crippen LogP contribution in [0.25, 0.3) is 10.9 Å². The van der Waals surface area contributed by atoms with Crippen molar-refractivity contribution >= 4 is 22.5 Å². The number of hydrogen-bond acceptors (Lipinski definition) is 3. The molecule has 2 rings (SSSR count). The lowest BCUT2D eigenvalue weighted by atomic mass is 10.1. The van der Waals surface area contributed by atoms with E-state index in [1.54, 1.807) is 11.7 Å². The molecule has 2 aromatic rings. The molecule has 0 aliphatic heterocycles. The maximum absolute atomic E-state index is 9.99. The van der Waals surface area contributed by atoms with Crippen molar-refractivity contribution in [1.82, 2.24) is 15.1 Å². The van der Waals surface area contributed by atoms with Crippen LogP contribution in [0, 0.1) is 0 Å². The second-order valence-corrected chi connectivity index (χ2v) is 4.09. The summed E-state index contributed by atoms with van der Waals surface area (Å²) < 4.78 is 1.72. The highest BCUT2D eigenvalue weighted by Gasteiger charge is 2.15. The third-order valence-corrected chi connectivity index (χ3v) is 2.89. The SMILES string of the molecule is CNCC(O)c1cccc2c1c(Cl)nn2C. The Morgan fingerprint density at radius 2 is 2.31 bits per heavy atom. The topological polar surface area (TPSA) is 50.1 Å². The van der Waals surface area contributed by atoms with Gasteiger partial charge in [-0.25, -0.2) is 0 Å². The minimum atomic E-state index is -0.574. The van der Waals surface area contributed by atoms with Gasteiger partial charge < -0.3 is 10.4 Å². The summed E-state index contributed by atoms with van der Waals surface area (Å²) in [5.41, 5.74) is 1.74. The average molecular weight is 240 g/mol. The van der Waals surface area contributed by atoms with E-state index in [4.69, 9.17) is 11.6 Å². The van der Waals surface area contributed by atoms with Crippen molar-refractivity contribution in [2.24, 2.45) is 7.05 Å². The van der Waals surface area contributed by atoms with Gasteiger partial charge in [0, 0.05) is 19.0 Å². The number of aromatic nitrogens is 2. The van der Waals surface area contributed by atoms with E-state index in [0.717, 1.165) is 16.5 Å². The van der Waals surface area contributed by atoms with Crippen molar-refractivity contribution in [3.63, 3.8) is 0 Å². The van der Waals surface area contributed by atoms with Gasteiger partial charge in [0.15, 0.2) is 5.15 Å². The van der Waals surface area contributed by atoms with E-state index in [1.807, 2.05) is 25.2 Å². The molecule has 1 heterocycles. The fraction of sp³-hybridized carbons (Fsp3) is 0.364. The number of likely N-dealkylation sites (N-methyl/N-ethyl adjacent to an activating group) is 1. The highest BCUT2D eigenvalue weighted by atomic mass is 35.5. The van der Waals surface area contributed by atoms with Gasteiger partial charge in [0.05, 0.1) is 11.6 Å². The van der Waals surface area contributed by atoms with E-state index in [9.17, 15) is 5.11 Å². The molecule has 0 spiro atoms. The largest absolute Gasteiger partial charge is 0.387 e. The number of aliphatic hydroxyl groups is 1. The molecule has 5 heteroatoms. The van der Waals surface area contributed by atoms with E-state index >= 15 is 0 Å². The average Bonchev–Trinajstić information content (AvgIpc) is 2.55. The molecule has 16 heavy (non-hydrogen) atoms. The second-order valence-electron chi connectivity index (χ2n) is 3.73. The standard InChI is InChI=1S/C11H14ClN3O/c1-13-6-9(16)7-4-3-5-8-10(7)11(12)14-15(8)2/h3-5,9,13,16H,6H2,1-2H3. The van der Waals surface area contributed by atoms with Crippen molar-refractivity contribution in [2.45, 2.75) is 6.10 Å². The van der Waals surface area contributed by atoms with Gasteiger partial charge in [-0.05, 0) is 18.7 Å². The fourth-order valence-electron chi connectivity index (χ4n) is 1.87. The quantitative estimate of drug-likeness (QED) is 0.853. The fourth-order valence-corrected chi connectivity index (χ4v) is 2.19. The molecule has 86 valence electrons. The summed E-state index contributed by atoms with van der Waals surface area (Å²) in [5, 5.41) is 18.3. The van der Waals surface area contributed by atoms with Gasteiger partial charge in [0.2, 0.25) is 0 Å². The summed E-state index contributed by atoms with van der Waals surface area (Å²) in [6, 6.07) is 5.70. The first kappa shape index (κ1) is 11.4. The summed E-state index contributed by atoms with van der Waals surface area (Å²) >= 11 is 6.06. The predicted molar refractivity (Wildman–Crippen MR) is 64.6 cm³/mol. The molecule has 0 saturated heterocycles. The van der Waals surface area contributed by atoms with Gasteiger partial charge in [-0.2, -0.15) is 5.10 Å². The highest BCUT2D eigenvalue weighted by Crippen LogP contribution is 2.29. The number of hydrogen-bond donors (Lipinski definition) is 2. The van der Waals surface area contributed by atoms with Gasteiger partial charge in [-0.15, -0.1) is 0 Å². The first-order valence-electron chi connectivity index (χ1n) is 5.09. The molecule has 0 amide bonds. The van der Waals surface area contributed by atoms with Crippen LogP contribution in [0.1, 0.15) is 11.7 Å². The maximum Gasteiger partial charge on any atom is 0.159 e. The third kappa shape index (κ3) is 1.80. The zero-order valence-corrected chi connectivity index (χ0v) is 9.99. The van der Waals surface area contributed by atoms with Crippen LogP contribution in [0.4, 0.5) is 0 Å². The van der Waals surface area contributed by atoms with Crippen molar-refractivity contribution < 1.29 is 5.11 Å². The molecule has 0 bridgehead atoms. The molecule has 0 fully saturated rings. The summed E-state index contributed by atoms with van der Waals surface area (Å²) in [6.07, 6.45) is -0.574. The minimum absolute atomic E-state index is 0.434. The highest BCUT2D eigenvalue weighted by molar-refractivity contribution is 6.34. The van der Waals surface area contributed by atoms with Gasteiger partial charge in [0.1, 0.15) is 0 Å². The van der Waals surface area contributed by atoms with Gasteiger partial charge in [-0.1, -0.05) is 23.7 Å². The Hall–Kier alpha value is -1.10. The van der Waals surface area contributed by atoms with Crippen molar-refractivity contribution in [3.8, 4) is 0 Å². The van der Waals surface area contributed by atoms with Gasteiger partial charge in [0.25, 0.3) is 0 Å². The van der Waals surface area contributed by atoms with Crippen LogP contribution >= 0.6 is 11.6 Å². The zero-order valence-electron chi connectivity index (χ0n) is 9.24. The first-order chi connectivity index (χ1) is 7.65. The smallest absolute Gasteiger partial charge is 0.159 e. The van der Waals surface area contributed by atoms with Crippen LogP contribution in [0.2, 0.25) is 5.15 Å². The van der Waals surface area contributed by atoms with Gasteiger partial charge >= 0.3 is 0 Å². The molecule has 1 aromatic heterocycles. The molecule has 1 aromatic carbocycles. The van der Waals surface area contributed by atoms with E-state index in [0.29, 0.717) is 11.7 Å². The number of nitrogens with one attached hydrogen (secondary N) is 1. The van der Waals surface area contributed by atoms with Crippen LogP contribution in [0.3, 0.4) is 0 Å². The Morgan fingerprint density at radius 3 is 3.00 bits per heavy atom. The Kier molecular flexibility index (Phi) is 3.14. The lowest BCUT2D eigenvalue weighted by molar-refractivity contribution is 0.179. The van der Waals surface area contributed by atoms with Crippen LogP contribution in [0.15, 0.2) is 18.2 Å². The lowest BCUT2D eigenvalue weighted by Crippen LogP contribution is -2.16. The zero-order chi connectivity index (χ0) is 11.7. The van der Waals surface area contributed by atoms with Crippen LogP contribution in [0.5, 0.6) is 0 Å². The van der Waals surface area contributed by atoms with E-state index in [2.05, 4.69) is 10.4 Å². The molecular weight excluding hydrogens is 226 g/mol. The molecule has 0 radical (unpaired) electrons. The third-order valence-electron chi connectivity index (χ3n) is 2.62. The molecule has 0 aliphatic rings. The van der Waals surface area contributed by atoms with Crippen LogP contribution in [-0.4, -0.2) is 28.5 Å². The Bertz CT molecular complexity index is 509. The number of nitrogens with zero attached hydrogens (tertiary/aromatic N) is 2. The number of fused-ring (bicyclic) bond motifs is 1. The molecule has 4 nitrogen and oxygen atoms in total. The van der Waals surface area contributed by atoms with Crippen LogP contribution in [-0.2, 0) is 7.05 Å². The molecule has 1 unspecified atom stereocenters. The number of rotatable bonds is 3. The summed E-state index contributed by atoms with van der Waals surface area (Å²) in [6.45, 7) is 0.490. The van der Waals surface area contributed by atoms with Crippen molar-refractivity contribution in [1.29, 1.82) is 0 Å². The number of aliphatic hydroxyl groups excluding tert-OH is 1. The van der Waals surface area contributed by atoms with E-state index in [1.165, 1.54) is 0 Å². The number of halogens is 1. The minimum Gasteiger partial charge on any atom is -0.387 e. The van der Waals surface area contributed by atoms with Gasteiger partial charge in [-0.3, -0.25) is 4.68 Å². The number of benzene rings is 1. The summed E-state index contributed by atoms with van der Waals surface area (Å²) in [4.78, 5) is 0. The Labute approximate surface area is 98.8 Å². The van der Waals surface area contributed by atoms with Crippen molar-refractivity contribution in [3.05, 3.63) is 28.9 Å².